The maximum atomic E-state index is 2.42. The van der Waals surface area contributed by atoms with Gasteiger partial charge in [0.25, 0.3) is 0 Å². The van der Waals surface area contributed by atoms with E-state index in [4.69, 9.17) is 0 Å². The molecule has 0 amide bonds. The molecular formula is C30H33ClN2Se. The summed E-state index contributed by atoms with van der Waals surface area (Å²) < 4.78 is 5.01. The molecule has 0 atom stereocenters. The van der Waals surface area contributed by atoms with E-state index in [1.165, 1.54) is 59.3 Å². The fourth-order valence-electron chi connectivity index (χ4n) is 4.41. The third kappa shape index (κ3) is 5.55. The van der Waals surface area contributed by atoms with Gasteiger partial charge >= 0.3 is 206 Å². The second-order valence-electron chi connectivity index (χ2n) is 9.23. The van der Waals surface area contributed by atoms with Crippen LogP contribution in [0, 0.1) is 20.8 Å². The molecule has 4 heteroatoms. The number of benzene rings is 2. The molecule has 1 aliphatic heterocycles. The summed E-state index contributed by atoms with van der Waals surface area (Å²) in [6, 6.07) is 13.6. The number of anilines is 1. The van der Waals surface area contributed by atoms with Crippen molar-refractivity contribution in [2.75, 3.05) is 33.1 Å². The molecule has 0 radical (unpaired) electrons. The summed E-state index contributed by atoms with van der Waals surface area (Å²) in [4.78, 5) is 2.15. The Kier molecular flexibility index (Phi) is 8.25. The fourth-order valence-corrected chi connectivity index (χ4v) is 6.76. The van der Waals surface area contributed by atoms with Crippen LogP contribution in [0.15, 0.2) is 82.9 Å². The SMILES string of the molecule is Cc1cc(C)c(C2=CC(=C3C=CC(=[N+](C)C)C=C3)[Se]C(c3ccc(N(C)C)cc3)=C2)c(C)c1.[Cl-]. The molecule has 0 saturated carbocycles. The quantitative estimate of drug-likeness (QED) is 0.433. The first-order chi connectivity index (χ1) is 15.7. The molecular weight excluding hydrogens is 503 g/mol. The van der Waals surface area contributed by atoms with Crippen LogP contribution in [0.5, 0.6) is 0 Å². The number of hydrogen-bond acceptors (Lipinski definition) is 1. The Morgan fingerprint density at radius 3 is 1.91 bits per heavy atom. The van der Waals surface area contributed by atoms with Gasteiger partial charge in [0, 0.05) is 0 Å². The summed E-state index contributed by atoms with van der Waals surface area (Å²) >= 11 is 0.231. The van der Waals surface area contributed by atoms with Crippen molar-refractivity contribution in [1.82, 2.24) is 0 Å². The average Bonchev–Trinajstić information content (AvgIpc) is 2.78. The molecule has 2 aromatic rings. The molecule has 0 spiro atoms. The van der Waals surface area contributed by atoms with Crippen LogP contribution in [-0.2, 0) is 0 Å². The molecule has 0 aromatic heterocycles. The monoisotopic (exact) mass is 536 g/mol. The van der Waals surface area contributed by atoms with Crippen molar-refractivity contribution in [2.24, 2.45) is 0 Å². The zero-order valence-electron chi connectivity index (χ0n) is 21.1. The van der Waals surface area contributed by atoms with E-state index in [-0.39, 0.29) is 27.4 Å². The maximum absolute atomic E-state index is 2.42. The van der Waals surface area contributed by atoms with Crippen molar-refractivity contribution in [3.8, 4) is 0 Å². The molecule has 4 rings (SSSR count). The second kappa shape index (κ2) is 10.8. The van der Waals surface area contributed by atoms with Crippen LogP contribution in [0.3, 0.4) is 0 Å². The Hall–Kier alpha value is -2.58. The van der Waals surface area contributed by atoms with Gasteiger partial charge in [-0.2, -0.15) is 0 Å². The van der Waals surface area contributed by atoms with E-state index in [0.29, 0.717) is 0 Å². The number of hydrogen-bond donors (Lipinski definition) is 0. The van der Waals surface area contributed by atoms with E-state index < -0.39 is 0 Å². The molecule has 176 valence electrons. The zero-order chi connectivity index (χ0) is 23.7. The second-order valence-corrected chi connectivity index (χ2v) is 11.5. The largest absolute Gasteiger partial charge is 1.00 e. The van der Waals surface area contributed by atoms with Crippen LogP contribution in [0.2, 0.25) is 0 Å². The predicted octanol–water partition coefficient (Wildman–Crippen LogP) is 2.92. The average molecular weight is 536 g/mol. The molecule has 0 bridgehead atoms. The molecule has 0 fully saturated rings. The molecule has 0 saturated heterocycles. The maximum Gasteiger partial charge on any atom is -1.00 e. The van der Waals surface area contributed by atoms with Crippen LogP contribution in [0.1, 0.15) is 27.8 Å². The molecule has 2 aliphatic rings. The Labute approximate surface area is 217 Å². The van der Waals surface area contributed by atoms with Crippen LogP contribution in [0.25, 0.3) is 10.0 Å². The summed E-state index contributed by atoms with van der Waals surface area (Å²) in [5, 5.41) is 0. The minimum Gasteiger partial charge on any atom is -1.00 e. The number of nitrogens with zero attached hydrogens (tertiary/aromatic N) is 2. The predicted molar refractivity (Wildman–Crippen MR) is 146 cm³/mol. The molecule has 1 aliphatic carbocycles. The van der Waals surface area contributed by atoms with Crippen LogP contribution in [-0.4, -0.2) is 53.4 Å². The number of halogens is 1. The first kappa shape index (κ1) is 26.0. The van der Waals surface area contributed by atoms with E-state index in [1.807, 2.05) is 0 Å². The Morgan fingerprint density at radius 1 is 0.794 bits per heavy atom. The first-order valence-electron chi connectivity index (χ1n) is 11.3. The van der Waals surface area contributed by atoms with Gasteiger partial charge in [-0.1, -0.05) is 0 Å². The standard InChI is InChI=1S/C30H33N2Se.ClH/c1-20-16-21(2)30(22(3)17-20)25-18-28(23-8-12-26(13-9-23)31(4)5)33-29(19-25)24-10-14-27(15-11-24)32(6)7;/h8-19H,1-7H3;1H/q+1;/p-1. The molecule has 1 heterocycles. The van der Waals surface area contributed by atoms with Gasteiger partial charge in [-0.15, -0.1) is 0 Å². The van der Waals surface area contributed by atoms with E-state index in [9.17, 15) is 0 Å². The van der Waals surface area contributed by atoms with Crippen LogP contribution >= 0.6 is 0 Å². The van der Waals surface area contributed by atoms with Gasteiger partial charge in [0.05, 0.1) is 0 Å². The van der Waals surface area contributed by atoms with E-state index in [0.717, 1.165) is 0 Å². The van der Waals surface area contributed by atoms with Gasteiger partial charge < -0.3 is 12.4 Å². The minimum atomic E-state index is 0. The molecule has 34 heavy (non-hydrogen) atoms. The van der Waals surface area contributed by atoms with Crippen molar-refractivity contribution < 1.29 is 17.0 Å². The van der Waals surface area contributed by atoms with Crippen molar-refractivity contribution in [3.05, 3.63) is 111 Å². The van der Waals surface area contributed by atoms with Crippen molar-refractivity contribution in [3.63, 3.8) is 0 Å². The van der Waals surface area contributed by atoms with Gasteiger partial charge in [-0.05, 0) is 0 Å². The van der Waals surface area contributed by atoms with Crippen LogP contribution in [0.4, 0.5) is 5.69 Å². The third-order valence-electron chi connectivity index (χ3n) is 6.10. The molecule has 0 N–H and O–H groups in total. The Bertz CT molecular complexity index is 1240. The summed E-state index contributed by atoms with van der Waals surface area (Å²) in [5.41, 5.74) is 11.8. The van der Waals surface area contributed by atoms with E-state index in [2.05, 4.69) is 131 Å². The Balaban J connectivity index is 0.00000324. The number of aryl methyl sites for hydroxylation is 3. The number of allylic oxidation sites excluding steroid dienone is 9. The minimum absolute atomic E-state index is 0. The fraction of sp³-hybridized carbons (Fsp3) is 0.233. The molecule has 2 nitrogen and oxygen atoms in total. The van der Waals surface area contributed by atoms with Crippen molar-refractivity contribution >= 4 is 36.4 Å². The zero-order valence-corrected chi connectivity index (χ0v) is 23.6. The van der Waals surface area contributed by atoms with Gasteiger partial charge in [-0.3, -0.25) is 0 Å². The van der Waals surface area contributed by atoms with Crippen molar-refractivity contribution in [2.45, 2.75) is 20.8 Å². The van der Waals surface area contributed by atoms with Crippen molar-refractivity contribution in [1.29, 1.82) is 0 Å². The third-order valence-corrected chi connectivity index (χ3v) is 8.50. The van der Waals surface area contributed by atoms with Gasteiger partial charge in [-0.25, -0.2) is 0 Å². The van der Waals surface area contributed by atoms with E-state index >= 15 is 0 Å². The van der Waals surface area contributed by atoms with E-state index in [1.54, 1.807) is 0 Å². The summed E-state index contributed by atoms with van der Waals surface area (Å²) in [5.74, 6) is 0. The topological polar surface area (TPSA) is 6.25 Å². The first-order valence-corrected chi connectivity index (χ1v) is 13.1. The smallest absolute Gasteiger partial charge is 1.00 e. The van der Waals surface area contributed by atoms with Crippen LogP contribution < -0.4 is 17.3 Å². The van der Waals surface area contributed by atoms with Gasteiger partial charge in [0.1, 0.15) is 0 Å². The molecule has 2 aromatic carbocycles. The summed E-state index contributed by atoms with van der Waals surface area (Å²) in [6.07, 6.45) is 13.8. The number of rotatable bonds is 3. The summed E-state index contributed by atoms with van der Waals surface area (Å²) in [7, 11) is 8.36. The summed E-state index contributed by atoms with van der Waals surface area (Å²) in [6.45, 7) is 6.65. The van der Waals surface area contributed by atoms with Gasteiger partial charge in [0.2, 0.25) is 0 Å². The normalized spacial score (nSPS) is 15.1. The molecule has 0 unspecified atom stereocenters. The Morgan fingerprint density at radius 2 is 1.38 bits per heavy atom. The van der Waals surface area contributed by atoms with Gasteiger partial charge in [0.15, 0.2) is 0 Å².